The van der Waals surface area contributed by atoms with Gasteiger partial charge in [0, 0.05) is 29.4 Å². The molecule has 3 aromatic rings. The molecule has 0 fully saturated rings. The van der Waals surface area contributed by atoms with Crippen molar-refractivity contribution in [2.75, 3.05) is 13.7 Å². The molecule has 1 amide bonds. The minimum atomic E-state index is -0.424. The normalized spacial score (nSPS) is 11.3. The standard InChI is InChI=1S/C22H27FN4O2/c1-6-18-19(25-27-20(29-5)10-15(4)24-21(18)27)13-26(12-14(2)3)22(28)16-8-7-9-17(23)11-16/h7-11,14H,6,12-13H2,1-5H3. The van der Waals surface area contributed by atoms with Gasteiger partial charge in [0.1, 0.15) is 5.82 Å². The molecule has 7 heteroatoms. The van der Waals surface area contributed by atoms with Crippen molar-refractivity contribution >= 4 is 11.6 Å². The lowest BCUT2D eigenvalue weighted by Crippen LogP contribution is -2.34. The third-order valence-corrected chi connectivity index (χ3v) is 4.71. The predicted molar refractivity (Wildman–Crippen MR) is 110 cm³/mol. The Morgan fingerprint density at radius 2 is 2.07 bits per heavy atom. The first-order valence-electron chi connectivity index (χ1n) is 9.81. The first-order valence-corrected chi connectivity index (χ1v) is 9.81. The average molecular weight is 398 g/mol. The van der Waals surface area contributed by atoms with E-state index in [1.165, 1.54) is 12.1 Å². The van der Waals surface area contributed by atoms with Gasteiger partial charge in [0.15, 0.2) is 5.65 Å². The van der Waals surface area contributed by atoms with Crippen LogP contribution in [0.25, 0.3) is 5.65 Å². The zero-order chi connectivity index (χ0) is 21.1. The van der Waals surface area contributed by atoms with Gasteiger partial charge in [-0.25, -0.2) is 9.37 Å². The summed E-state index contributed by atoms with van der Waals surface area (Å²) in [6, 6.07) is 7.62. The van der Waals surface area contributed by atoms with E-state index in [1.807, 2.05) is 33.8 Å². The number of methoxy groups -OCH3 is 1. The van der Waals surface area contributed by atoms with Gasteiger partial charge in [0.25, 0.3) is 5.91 Å². The van der Waals surface area contributed by atoms with Crippen molar-refractivity contribution in [3.05, 3.63) is 58.7 Å². The number of hydrogen-bond acceptors (Lipinski definition) is 4. The summed E-state index contributed by atoms with van der Waals surface area (Å²) in [7, 11) is 1.60. The molecular weight excluding hydrogens is 371 g/mol. The molecule has 0 spiro atoms. The summed E-state index contributed by atoms with van der Waals surface area (Å²) in [5.41, 5.74) is 3.66. The third-order valence-electron chi connectivity index (χ3n) is 4.71. The number of aryl methyl sites for hydroxylation is 2. The van der Waals surface area contributed by atoms with Gasteiger partial charge in [-0.05, 0) is 37.5 Å². The number of fused-ring (bicyclic) bond motifs is 1. The average Bonchev–Trinajstić information content (AvgIpc) is 3.02. The van der Waals surface area contributed by atoms with Crippen LogP contribution in [0, 0.1) is 18.7 Å². The van der Waals surface area contributed by atoms with Gasteiger partial charge < -0.3 is 9.64 Å². The predicted octanol–water partition coefficient (Wildman–Crippen LogP) is 4.05. The molecule has 154 valence electrons. The lowest BCUT2D eigenvalue weighted by molar-refractivity contribution is 0.0719. The molecule has 0 saturated heterocycles. The van der Waals surface area contributed by atoms with Crippen LogP contribution in [0.1, 0.15) is 48.1 Å². The minimum absolute atomic E-state index is 0.214. The molecule has 0 bridgehead atoms. The molecule has 3 rings (SSSR count). The number of nitrogens with zero attached hydrogens (tertiary/aromatic N) is 4. The number of hydrogen-bond donors (Lipinski definition) is 0. The maximum absolute atomic E-state index is 13.7. The summed E-state index contributed by atoms with van der Waals surface area (Å²) in [4.78, 5) is 19.5. The van der Waals surface area contributed by atoms with Crippen LogP contribution in [0.4, 0.5) is 4.39 Å². The molecule has 6 nitrogen and oxygen atoms in total. The van der Waals surface area contributed by atoms with Gasteiger partial charge >= 0.3 is 0 Å². The Hall–Kier alpha value is -2.96. The maximum Gasteiger partial charge on any atom is 0.254 e. The zero-order valence-corrected chi connectivity index (χ0v) is 17.6. The molecule has 0 aliphatic carbocycles. The number of ether oxygens (including phenoxy) is 1. The van der Waals surface area contributed by atoms with E-state index in [0.717, 1.165) is 29.0 Å². The van der Waals surface area contributed by atoms with Crippen molar-refractivity contribution in [1.82, 2.24) is 19.5 Å². The number of aromatic nitrogens is 3. The summed E-state index contributed by atoms with van der Waals surface area (Å²) in [6.07, 6.45) is 0.724. The highest BCUT2D eigenvalue weighted by Crippen LogP contribution is 2.23. The Morgan fingerprint density at radius 3 is 2.69 bits per heavy atom. The molecule has 0 saturated carbocycles. The van der Waals surface area contributed by atoms with Gasteiger partial charge in [0.05, 0.1) is 19.3 Å². The summed E-state index contributed by atoms with van der Waals surface area (Å²) in [5, 5.41) is 4.70. The van der Waals surface area contributed by atoms with Gasteiger partial charge in [0.2, 0.25) is 5.88 Å². The number of carbonyl (C=O) groups is 1. The van der Waals surface area contributed by atoms with Gasteiger partial charge in [-0.3, -0.25) is 4.79 Å². The highest BCUT2D eigenvalue weighted by molar-refractivity contribution is 5.94. The Balaban J connectivity index is 2.03. The Labute approximate surface area is 170 Å². The van der Waals surface area contributed by atoms with Crippen molar-refractivity contribution in [3.63, 3.8) is 0 Å². The lowest BCUT2D eigenvalue weighted by atomic mass is 10.1. The second-order valence-electron chi connectivity index (χ2n) is 7.54. The molecule has 0 aliphatic heterocycles. The van der Waals surface area contributed by atoms with Crippen LogP contribution in [0.2, 0.25) is 0 Å². The Kier molecular flexibility index (Phi) is 6.15. The molecule has 2 aromatic heterocycles. The molecule has 29 heavy (non-hydrogen) atoms. The van der Waals surface area contributed by atoms with E-state index in [1.54, 1.807) is 28.7 Å². The Morgan fingerprint density at radius 1 is 1.31 bits per heavy atom. The first-order chi connectivity index (χ1) is 13.8. The van der Waals surface area contributed by atoms with E-state index in [2.05, 4.69) is 4.98 Å². The number of rotatable bonds is 7. The van der Waals surface area contributed by atoms with E-state index in [4.69, 9.17) is 9.84 Å². The molecule has 1 aromatic carbocycles. The van der Waals surface area contributed by atoms with Crippen LogP contribution in [-0.2, 0) is 13.0 Å². The lowest BCUT2D eigenvalue weighted by Gasteiger charge is -2.24. The topological polar surface area (TPSA) is 59.7 Å². The molecule has 0 radical (unpaired) electrons. The quantitative estimate of drug-likeness (QED) is 0.603. The second-order valence-corrected chi connectivity index (χ2v) is 7.54. The van der Waals surface area contributed by atoms with Crippen molar-refractivity contribution in [1.29, 1.82) is 0 Å². The summed E-state index contributed by atoms with van der Waals surface area (Å²) in [5.74, 6) is 0.213. The molecule has 0 aliphatic rings. The van der Waals surface area contributed by atoms with Crippen LogP contribution < -0.4 is 4.74 Å². The fourth-order valence-corrected chi connectivity index (χ4v) is 3.47. The van der Waals surface area contributed by atoms with E-state index < -0.39 is 5.82 Å². The molecular formula is C22H27FN4O2. The van der Waals surface area contributed by atoms with Crippen LogP contribution in [0.3, 0.4) is 0 Å². The monoisotopic (exact) mass is 398 g/mol. The number of benzene rings is 1. The maximum atomic E-state index is 13.7. The van der Waals surface area contributed by atoms with Crippen molar-refractivity contribution in [2.24, 2.45) is 5.92 Å². The zero-order valence-electron chi connectivity index (χ0n) is 17.6. The molecule has 0 atom stereocenters. The van der Waals surface area contributed by atoms with Crippen LogP contribution >= 0.6 is 0 Å². The van der Waals surface area contributed by atoms with Crippen molar-refractivity contribution in [2.45, 2.75) is 40.7 Å². The van der Waals surface area contributed by atoms with Crippen LogP contribution in [0.5, 0.6) is 5.88 Å². The van der Waals surface area contributed by atoms with Crippen LogP contribution in [0.15, 0.2) is 30.3 Å². The number of carbonyl (C=O) groups excluding carboxylic acids is 1. The summed E-state index contributed by atoms with van der Waals surface area (Å²) < 4.78 is 20.8. The highest BCUT2D eigenvalue weighted by atomic mass is 19.1. The number of halogens is 1. The highest BCUT2D eigenvalue weighted by Gasteiger charge is 2.23. The van der Waals surface area contributed by atoms with Crippen molar-refractivity contribution in [3.8, 4) is 5.88 Å². The molecule has 0 N–H and O–H groups in total. The molecule has 2 heterocycles. The second kappa shape index (κ2) is 8.59. The minimum Gasteiger partial charge on any atom is -0.481 e. The molecule has 0 unspecified atom stereocenters. The van der Waals surface area contributed by atoms with Crippen molar-refractivity contribution < 1.29 is 13.9 Å². The largest absolute Gasteiger partial charge is 0.481 e. The van der Waals surface area contributed by atoms with Gasteiger partial charge in [-0.2, -0.15) is 9.61 Å². The summed E-state index contributed by atoms with van der Waals surface area (Å²) >= 11 is 0. The van der Waals surface area contributed by atoms with E-state index in [-0.39, 0.29) is 11.8 Å². The third kappa shape index (κ3) is 4.39. The van der Waals surface area contributed by atoms with E-state index >= 15 is 0 Å². The Bertz CT molecular complexity index is 1030. The van der Waals surface area contributed by atoms with Gasteiger partial charge in [-0.1, -0.05) is 26.8 Å². The SMILES string of the molecule is CCc1c(CN(CC(C)C)C(=O)c2cccc(F)c2)nn2c(OC)cc(C)nc12. The van der Waals surface area contributed by atoms with E-state index in [9.17, 15) is 9.18 Å². The fraction of sp³-hybridized carbons (Fsp3) is 0.409. The van der Waals surface area contributed by atoms with E-state index in [0.29, 0.717) is 24.5 Å². The van der Waals surface area contributed by atoms with Crippen LogP contribution in [-0.4, -0.2) is 39.1 Å². The summed E-state index contributed by atoms with van der Waals surface area (Å²) in [6.45, 7) is 8.90. The smallest absolute Gasteiger partial charge is 0.254 e. The number of amides is 1. The first kappa shape index (κ1) is 20.8. The van der Waals surface area contributed by atoms with Gasteiger partial charge in [-0.15, -0.1) is 0 Å². The fourth-order valence-electron chi connectivity index (χ4n) is 3.47.